The van der Waals surface area contributed by atoms with Crippen LogP contribution in [-0.2, 0) is 4.79 Å². The summed E-state index contributed by atoms with van der Waals surface area (Å²) >= 11 is 1.46. The summed E-state index contributed by atoms with van der Waals surface area (Å²) in [4.78, 5) is 14.5. The third kappa shape index (κ3) is 4.24. The highest BCUT2D eigenvalue weighted by Crippen LogP contribution is 2.24. The fourth-order valence-corrected chi connectivity index (χ4v) is 4.13. The molecule has 0 N–H and O–H groups in total. The molecule has 2 aromatic rings. The first-order chi connectivity index (χ1) is 12.1. The predicted molar refractivity (Wildman–Crippen MR) is 101 cm³/mol. The molecule has 0 atom stereocenters. The van der Waals surface area contributed by atoms with Crippen molar-refractivity contribution >= 4 is 17.7 Å². The molecule has 1 aliphatic rings. The molecule has 1 aromatic carbocycles. The second kappa shape index (κ2) is 8.04. The fourth-order valence-electron chi connectivity index (χ4n) is 3.28. The van der Waals surface area contributed by atoms with Crippen LogP contribution in [0.25, 0.3) is 5.69 Å². The van der Waals surface area contributed by atoms with Crippen molar-refractivity contribution < 1.29 is 4.79 Å². The van der Waals surface area contributed by atoms with Crippen molar-refractivity contribution in [1.82, 2.24) is 19.7 Å². The second-order valence-electron chi connectivity index (χ2n) is 6.84. The SMILES string of the molecule is Cc1ccc(-n2cnnc2SCC(=O)N(C)C2CCCCC2)cc1C. The van der Waals surface area contributed by atoms with Crippen molar-refractivity contribution in [2.75, 3.05) is 12.8 Å². The number of hydrogen-bond donors (Lipinski definition) is 0. The standard InChI is InChI=1S/C19H26N4OS/c1-14-9-10-17(11-15(14)2)23-13-20-21-19(23)25-12-18(24)22(3)16-7-5-4-6-8-16/h9-11,13,16H,4-8,12H2,1-3H3. The summed E-state index contributed by atoms with van der Waals surface area (Å²) in [6.07, 6.45) is 7.73. The van der Waals surface area contributed by atoms with Gasteiger partial charge in [-0.2, -0.15) is 0 Å². The largest absolute Gasteiger partial charge is 0.342 e. The Morgan fingerprint density at radius 2 is 2.00 bits per heavy atom. The van der Waals surface area contributed by atoms with E-state index in [2.05, 4.69) is 42.2 Å². The topological polar surface area (TPSA) is 51.0 Å². The van der Waals surface area contributed by atoms with Gasteiger partial charge in [-0.25, -0.2) is 0 Å². The number of thioether (sulfide) groups is 1. The molecule has 1 amide bonds. The van der Waals surface area contributed by atoms with Crippen molar-refractivity contribution in [3.63, 3.8) is 0 Å². The van der Waals surface area contributed by atoms with Crippen LogP contribution in [0.5, 0.6) is 0 Å². The Morgan fingerprint density at radius 3 is 2.72 bits per heavy atom. The van der Waals surface area contributed by atoms with Gasteiger partial charge in [0, 0.05) is 18.8 Å². The summed E-state index contributed by atoms with van der Waals surface area (Å²) in [6.45, 7) is 4.19. The van der Waals surface area contributed by atoms with Gasteiger partial charge < -0.3 is 4.90 Å². The average molecular weight is 359 g/mol. The summed E-state index contributed by atoms with van der Waals surface area (Å²) in [5.74, 6) is 0.572. The second-order valence-corrected chi connectivity index (χ2v) is 7.78. The lowest BCUT2D eigenvalue weighted by molar-refractivity contribution is -0.129. The Balaban J connectivity index is 1.65. The lowest BCUT2D eigenvalue weighted by Crippen LogP contribution is -2.39. The Labute approximate surface area is 153 Å². The van der Waals surface area contributed by atoms with Gasteiger partial charge in [-0.3, -0.25) is 9.36 Å². The first-order valence-corrected chi connectivity index (χ1v) is 9.91. The average Bonchev–Trinajstić information content (AvgIpc) is 3.10. The highest BCUT2D eigenvalue weighted by molar-refractivity contribution is 7.99. The van der Waals surface area contributed by atoms with E-state index in [4.69, 9.17) is 0 Å². The molecule has 0 unspecified atom stereocenters. The van der Waals surface area contributed by atoms with Gasteiger partial charge in [0.05, 0.1) is 5.75 Å². The van der Waals surface area contributed by atoms with Crippen molar-refractivity contribution in [2.24, 2.45) is 0 Å². The predicted octanol–water partition coefficient (Wildman–Crippen LogP) is 3.77. The summed E-state index contributed by atoms with van der Waals surface area (Å²) in [5, 5.41) is 8.98. The van der Waals surface area contributed by atoms with Crippen molar-refractivity contribution in [1.29, 1.82) is 0 Å². The van der Waals surface area contributed by atoms with Crippen molar-refractivity contribution in [3.05, 3.63) is 35.7 Å². The van der Waals surface area contributed by atoms with Crippen LogP contribution in [-0.4, -0.2) is 44.4 Å². The maximum Gasteiger partial charge on any atom is 0.233 e. The zero-order valence-electron chi connectivity index (χ0n) is 15.2. The molecule has 5 nitrogen and oxygen atoms in total. The lowest BCUT2D eigenvalue weighted by atomic mass is 9.94. The number of nitrogens with zero attached hydrogens (tertiary/aromatic N) is 4. The minimum atomic E-state index is 0.173. The molecule has 6 heteroatoms. The monoisotopic (exact) mass is 358 g/mol. The molecule has 25 heavy (non-hydrogen) atoms. The minimum Gasteiger partial charge on any atom is -0.342 e. The quantitative estimate of drug-likeness (QED) is 0.764. The van der Waals surface area contributed by atoms with Gasteiger partial charge in [-0.1, -0.05) is 37.1 Å². The molecule has 0 radical (unpaired) electrons. The van der Waals surface area contributed by atoms with Gasteiger partial charge in [-0.15, -0.1) is 10.2 Å². The fraction of sp³-hybridized carbons (Fsp3) is 0.526. The van der Waals surface area contributed by atoms with Crippen LogP contribution in [0, 0.1) is 13.8 Å². The summed E-state index contributed by atoms with van der Waals surface area (Å²) in [5.41, 5.74) is 3.52. The molecule has 0 bridgehead atoms. The van der Waals surface area contributed by atoms with Crippen LogP contribution in [0.3, 0.4) is 0 Å². The number of carbonyl (C=O) groups excluding carboxylic acids is 1. The number of carbonyl (C=O) groups is 1. The minimum absolute atomic E-state index is 0.173. The van der Waals surface area contributed by atoms with Crippen molar-refractivity contribution in [2.45, 2.75) is 57.1 Å². The molecule has 1 heterocycles. The molecule has 3 rings (SSSR count). The maximum atomic E-state index is 12.5. The maximum absolute atomic E-state index is 12.5. The Morgan fingerprint density at radius 1 is 1.24 bits per heavy atom. The van der Waals surface area contributed by atoms with Gasteiger partial charge in [0.2, 0.25) is 5.91 Å². The Hall–Kier alpha value is -1.82. The number of amides is 1. The van der Waals surface area contributed by atoms with E-state index >= 15 is 0 Å². The molecular formula is C19H26N4OS. The summed E-state index contributed by atoms with van der Waals surface area (Å²) in [6, 6.07) is 6.69. The molecule has 0 spiro atoms. The van der Waals surface area contributed by atoms with Crippen LogP contribution in [0.4, 0.5) is 0 Å². The first kappa shape index (κ1) is 18.0. The van der Waals surface area contributed by atoms with Crippen LogP contribution >= 0.6 is 11.8 Å². The third-order valence-electron chi connectivity index (χ3n) is 5.13. The summed E-state index contributed by atoms with van der Waals surface area (Å²) < 4.78 is 1.95. The Kier molecular flexibility index (Phi) is 5.78. The van der Waals surface area contributed by atoms with Crippen LogP contribution in [0.1, 0.15) is 43.2 Å². The number of rotatable bonds is 5. The van der Waals surface area contributed by atoms with E-state index in [9.17, 15) is 4.79 Å². The molecular weight excluding hydrogens is 332 g/mol. The highest BCUT2D eigenvalue weighted by Gasteiger charge is 2.22. The zero-order chi connectivity index (χ0) is 17.8. The molecule has 1 fully saturated rings. The molecule has 1 aliphatic carbocycles. The van der Waals surface area contributed by atoms with Gasteiger partial charge in [-0.05, 0) is 49.9 Å². The van der Waals surface area contributed by atoms with Gasteiger partial charge in [0.15, 0.2) is 5.16 Å². The number of benzene rings is 1. The number of aromatic nitrogens is 3. The highest BCUT2D eigenvalue weighted by atomic mass is 32.2. The molecule has 1 saturated carbocycles. The van der Waals surface area contributed by atoms with E-state index in [1.165, 1.54) is 42.2 Å². The Bertz CT molecular complexity index is 737. The van der Waals surface area contributed by atoms with E-state index in [-0.39, 0.29) is 5.91 Å². The van der Waals surface area contributed by atoms with Gasteiger partial charge in [0.25, 0.3) is 0 Å². The van der Waals surface area contributed by atoms with E-state index < -0.39 is 0 Å². The molecule has 134 valence electrons. The van der Waals surface area contributed by atoms with E-state index in [0.717, 1.165) is 23.7 Å². The number of hydrogen-bond acceptors (Lipinski definition) is 4. The van der Waals surface area contributed by atoms with E-state index in [0.29, 0.717) is 11.8 Å². The van der Waals surface area contributed by atoms with Crippen LogP contribution in [0.2, 0.25) is 0 Å². The van der Waals surface area contributed by atoms with E-state index in [1.54, 1.807) is 6.33 Å². The number of aryl methyl sites for hydroxylation is 2. The van der Waals surface area contributed by atoms with Gasteiger partial charge in [0.1, 0.15) is 6.33 Å². The first-order valence-electron chi connectivity index (χ1n) is 8.92. The zero-order valence-corrected chi connectivity index (χ0v) is 16.1. The smallest absolute Gasteiger partial charge is 0.233 e. The van der Waals surface area contributed by atoms with E-state index in [1.807, 2.05) is 16.5 Å². The lowest BCUT2D eigenvalue weighted by Gasteiger charge is -2.31. The third-order valence-corrected chi connectivity index (χ3v) is 6.05. The normalized spacial score (nSPS) is 15.3. The molecule has 1 aromatic heterocycles. The van der Waals surface area contributed by atoms with Gasteiger partial charge >= 0.3 is 0 Å². The summed E-state index contributed by atoms with van der Waals surface area (Å²) in [7, 11) is 1.94. The molecule has 0 saturated heterocycles. The van der Waals surface area contributed by atoms with Crippen LogP contribution in [0.15, 0.2) is 29.7 Å². The van der Waals surface area contributed by atoms with Crippen molar-refractivity contribution in [3.8, 4) is 5.69 Å². The van der Waals surface area contributed by atoms with Crippen LogP contribution < -0.4 is 0 Å². The molecule has 0 aliphatic heterocycles.